The molecule has 0 fully saturated rings. The van der Waals surface area contributed by atoms with Gasteiger partial charge in [0.15, 0.2) is 0 Å². The second-order valence-electron chi connectivity index (χ2n) is 6.67. The summed E-state index contributed by atoms with van der Waals surface area (Å²) in [6.07, 6.45) is 2.76. The van der Waals surface area contributed by atoms with Gasteiger partial charge in [-0.1, -0.05) is 42.5 Å². The predicted molar refractivity (Wildman–Crippen MR) is 113 cm³/mol. The summed E-state index contributed by atoms with van der Waals surface area (Å²) in [4.78, 5) is 15.7. The summed E-state index contributed by atoms with van der Waals surface area (Å²) in [5, 5.41) is 4.16. The van der Waals surface area contributed by atoms with Crippen LogP contribution in [0.4, 0.5) is 0 Å². The maximum Gasteiger partial charge on any atom is 0.251 e. The number of fused-ring (bicyclic) bond motifs is 1. The zero-order chi connectivity index (χ0) is 19.3. The van der Waals surface area contributed by atoms with Crippen LogP contribution in [0, 0.1) is 0 Å². The molecule has 4 aromatic rings. The Morgan fingerprint density at radius 3 is 2.46 bits per heavy atom. The van der Waals surface area contributed by atoms with Crippen molar-refractivity contribution in [3.8, 4) is 16.9 Å². The van der Waals surface area contributed by atoms with Crippen LogP contribution in [0.5, 0.6) is 5.75 Å². The van der Waals surface area contributed by atoms with Crippen LogP contribution in [0.25, 0.3) is 22.0 Å². The highest BCUT2D eigenvalue weighted by atomic mass is 16.5. The SMILES string of the molecule is COc1ccc2c(CCNC(=O)c3ccc(-c4ccccc4)cc3)c[nH]c2c1. The maximum atomic E-state index is 12.4. The minimum absolute atomic E-state index is 0.0545. The molecule has 0 saturated heterocycles. The van der Waals surface area contributed by atoms with Gasteiger partial charge in [-0.3, -0.25) is 4.79 Å². The lowest BCUT2D eigenvalue weighted by Gasteiger charge is -2.07. The molecule has 0 radical (unpaired) electrons. The van der Waals surface area contributed by atoms with E-state index in [2.05, 4.69) is 22.4 Å². The van der Waals surface area contributed by atoms with Gasteiger partial charge in [-0.2, -0.15) is 0 Å². The number of nitrogens with one attached hydrogen (secondary N) is 2. The zero-order valence-electron chi connectivity index (χ0n) is 15.7. The summed E-state index contributed by atoms with van der Waals surface area (Å²) >= 11 is 0. The molecule has 4 rings (SSSR count). The van der Waals surface area contributed by atoms with E-state index in [4.69, 9.17) is 4.74 Å². The number of aromatic nitrogens is 1. The molecule has 0 unspecified atom stereocenters. The van der Waals surface area contributed by atoms with Gasteiger partial charge >= 0.3 is 0 Å². The summed E-state index contributed by atoms with van der Waals surface area (Å²) in [5.41, 5.74) is 5.13. The van der Waals surface area contributed by atoms with Gasteiger partial charge in [0.05, 0.1) is 7.11 Å². The molecule has 4 nitrogen and oxygen atoms in total. The summed E-state index contributed by atoms with van der Waals surface area (Å²) in [6.45, 7) is 0.582. The molecular formula is C24H22N2O2. The van der Waals surface area contributed by atoms with Crippen LogP contribution in [0.2, 0.25) is 0 Å². The lowest BCUT2D eigenvalue weighted by Crippen LogP contribution is -2.25. The Bertz CT molecular complexity index is 1080. The predicted octanol–water partition coefficient (Wildman–Crippen LogP) is 4.82. The van der Waals surface area contributed by atoms with Crippen molar-refractivity contribution in [3.63, 3.8) is 0 Å². The van der Waals surface area contributed by atoms with Gasteiger partial charge in [0, 0.05) is 35.3 Å². The molecule has 1 heterocycles. The fourth-order valence-corrected chi connectivity index (χ4v) is 3.36. The van der Waals surface area contributed by atoms with Crippen LogP contribution in [0.3, 0.4) is 0 Å². The lowest BCUT2D eigenvalue weighted by atomic mass is 10.0. The number of amides is 1. The summed E-state index contributed by atoms with van der Waals surface area (Å²) in [6, 6.07) is 23.8. The summed E-state index contributed by atoms with van der Waals surface area (Å²) < 4.78 is 5.25. The number of H-pyrrole nitrogens is 1. The van der Waals surface area contributed by atoms with Crippen molar-refractivity contribution < 1.29 is 9.53 Å². The maximum absolute atomic E-state index is 12.4. The van der Waals surface area contributed by atoms with E-state index >= 15 is 0 Å². The third-order valence-corrected chi connectivity index (χ3v) is 4.91. The van der Waals surface area contributed by atoms with Crippen LogP contribution >= 0.6 is 0 Å². The Kier molecular flexibility index (Phi) is 5.11. The standard InChI is InChI=1S/C24H22N2O2/c1-28-21-11-12-22-20(16-26-23(22)15-21)13-14-25-24(27)19-9-7-18(8-10-19)17-5-3-2-4-6-17/h2-12,15-16,26H,13-14H2,1H3,(H,25,27). The van der Waals surface area contributed by atoms with E-state index in [0.717, 1.165) is 34.2 Å². The number of hydrogen-bond donors (Lipinski definition) is 2. The van der Waals surface area contributed by atoms with Crippen molar-refractivity contribution in [1.82, 2.24) is 10.3 Å². The molecule has 140 valence electrons. The average Bonchev–Trinajstić information content (AvgIpc) is 3.16. The van der Waals surface area contributed by atoms with Gasteiger partial charge in [-0.15, -0.1) is 0 Å². The topological polar surface area (TPSA) is 54.1 Å². The van der Waals surface area contributed by atoms with Gasteiger partial charge in [0.2, 0.25) is 0 Å². The molecule has 4 heteroatoms. The molecule has 0 aliphatic heterocycles. The van der Waals surface area contributed by atoms with Crippen LogP contribution < -0.4 is 10.1 Å². The van der Waals surface area contributed by atoms with Gasteiger partial charge in [0.1, 0.15) is 5.75 Å². The first-order valence-electron chi connectivity index (χ1n) is 9.32. The van der Waals surface area contributed by atoms with Crippen LogP contribution in [-0.4, -0.2) is 24.5 Å². The van der Waals surface area contributed by atoms with Crippen molar-refractivity contribution in [3.05, 3.63) is 90.1 Å². The van der Waals surface area contributed by atoms with E-state index in [-0.39, 0.29) is 5.91 Å². The molecule has 0 spiro atoms. The van der Waals surface area contributed by atoms with E-state index in [1.165, 1.54) is 5.56 Å². The normalized spacial score (nSPS) is 10.8. The minimum Gasteiger partial charge on any atom is -0.497 e. The molecule has 1 amide bonds. The number of carbonyl (C=O) groups is 1. The van der Waals surface area contributed by atoms with Crippen molar-refractivity contribution in [1.29, 1.82) is 0 Å². The van der Waals surface area contributed by atoms with E-state index in [1.807, 2.05) is 66.9 Å². The van der Waals surface area contributed by atoms with E-state index in [1.54, 1.807) is 7.11 Å². The Hall–Kier alpha value is -3.53. The molecule has 0 saturated carbocycles. The van der Waals surface area contributed by atoms with Crippen molar-refractivity contribution in [2.75, 3.05) is 13.7 Å². The molecule has 28 heavy (non-hydrogen) atoms. The monoisotopic (exact) mass is 370 g/mol. The third-order valence-electron chi connectivity index (χ3n) is 4.91. The van der Waals surface area contributed by atoms with Crippen molar-refractivity contribution >= 4 is 16.8 Å². The van der Waals surface area contributed by atoms with E-state index < -0.39 is 0 Å². The number of aromatic amines is 1. The highest BCUT2D eigenvalue weighted by Gasteiger charge is 2.08. The summed E-state index contributed by atoms with van der Waals surface area (Å²) in [5.74, 6) is 0.772. The molecule has 2 N–H and O–H groups in total. The Morgan fingerprint density at radius 2 is 1.71 bits per heavy atom. The minimum atomic E-state index is -0.0545. The van der Waals surface area contributed by atoms with Gasteiger partial charge in [-0.25, -0.2) is 0 Å². The number of rotatable bonds is 6. The second-order valence-corrected chi connectivity index (χ2v) is 6.67. The smallest absolute Gasteiger partial charge is 0.251 e. The molecule has 1 aromatic heterocycles. The van der Waals surface area contributed by atoms with Gasteiger partial charge < -0.3 is 15.0 Å². The highest BCUT2D eigenvalue weighted by molar-refractivity contribution is 5.94. The second kappa shape index (κ2) is 8.01. The fourth-order valence-electron chi connectivity index (χ4n) is 3.36. The molecule has 3 aromatic carbocycles. The number of carbonyl (C=O) groups excluding carboxylic acids is 1. The first kappa shape index (κ1) is 17.9. The first-order valence-corrected chi connectivity index (χ1v) is 9.32. The van der Waals surface area contributed by atoms with Gasteiger partial charge in [0.25, 0.3) is 5.91 Å². The molecule has 0 atom stereocenters. The third kappa shape index (κ3) is 3.76. The van der Waals surface area contributed by atoms with E-state index in [9.17, 15) is 4.79 Å². The van der Waals surface area contributed by atoms with E-state index in [0.29, 0.717) is 12.1 Å². The number of ether oxygens (including phenoxy) is 1. The highest BCUT2D eigenvalue weighted by Crippen LogP contribution is 2.23. The summed E-state index contributed by atoms with van der Waals surface area (Å²) in [7, 11) is 1.66. The van der Waals surface area contributed by atoms with Crippen LogP contribution in [-0.2, 0) is 6.42 Å². The number of benzene rings is 3. The molecular weight excluding hydrogens is 348 g/mol. The number of hydrogen-bond acceptors (Lipinski definition) is 2. The largest absolute Gasteiger partial charge is 0.497 e. The Labute approximate surface area is 164 Å². The van der Waals surface area contributed by atoms with Crippen molar-refractivity contribution in [2.24, 2.45) is 0 Å². The average molecular weight is 370 g/mol. The quantitative estimate of drug-likeness (QED) is 0.511. The molecule has 0 aliphatic rings. The van der Waals surface area contributed by atoms with Crippen LogP contribution in [0.1, 0.15) is 15.9 Å². The Morgan fingerprint density at radius 1 is 0.964 bits per heavy atom. The van der Waals surface area contributed by atoms with Crippen molar-refractivity contribution in [2.45, 2.75) is 6.42 Å². The zero-order valence-corrected chi connectivity index (χ0v) is 15.7. The fraction of sp³-hybridized carbons (Fsp3) is 0.125. The lowest BCUT2D eigenvalue weighted by molar-refractivity contribution is 0.0954. The van der Waals surface area contributed by atoms with Crippen LogP contribution in [0.15, 0.2) is 79.0 Å². The molecule has 0 bridgehead atoms. The Balaban J connectivity index is 1.37. The first-order chi connectivity index (χ1) is 13.7. The molecule has 0 aliphatic carbocycles. The number of methoxy groups -OCH3 is 1. The van der Waals surface area contributed by atoms with Gasteiger partial charge in [-0.05, 0) is 47.4 Å².